The Morgan fingerprint density at radius 2 is 1.60 bits per heavy atom. The number of nitrogens with zero attached hydrogens (tertiary/aromatic N) is 1. The second-order valence-electron chi connectivity index (χ2n) is 8.89. The first kappa shape index (κ1) is 24.6. The van der Waals surface area contributed by atoms with Crippen LogP contribution < -0.4 is 4.72 Å². The number of sulfonamides is 1. The molecule has 3 aromatic carbocycles. The van der Waals surface area contributed by atoms with E-state index in [-0.39, 0.29) is 28.2 Å². The summed E-state index contributed by atoms with van der Waals surface area (Å²) >= 11 is 0. The molecule has 1 amide bonds. The third-order valence-corrected chi connectivity index (χ3v) is 7.68. The smallest absolute Gasteiger partial charge is 0.261 e. The van der Waals surface area contributed by atoms with Crippen LogP contribution in [-0.4, -0.2) is 38.1 Å². The molecule has 1 fully saturated rings. The van der Waals surface area contributed by atoms with Gasteiger partial charge in [-0.2, -0.15) is 0 Å². The second-order valence-corrected chi connectivity index (χ2v) is 10.6. The van der Waals surface area contributed by atoms with Gasteiger partial charge in [0.2, 0.25) is 0 Å². The van der Waals surface area contributed by atoms with Crippen molar-refractivity contribution in [3.63, 3.8) is 0 Å². The van der Waals surface area contributed by atoms with E-state index in [4.69, 9.17) is 0 Å². The molecule has 0 saturated carbocycles. The number of ketones is 1. The summed E-state index contributed by atoms with van der Waals surface area (Å²) in [5.74, 6) is -0.870. The van der Waals surface area contributed by atoms with Crippen molar-refractivity contribution in [3.05, 3.63) is 94.8 Å². The molecule has 0 radical (unpaired) electrons. The van der Waals surface area contributed by atoms with Gasteiger partial charge in [-0.1, -0.05) is 42.0 Å². The highest BCUT2D eigenvalue weighted by molar-refractivity contribution is 7.92. The van der Waals surface area contributed by atoms with Gasteiger partial charge in [-0.05, 0) is 62.6 Å². The molecule has 1 aliphatic rings. The molecule has 182 valence electrons. The minimum Gasteiger partial charge on any atom is -0.339 e. The first-order valence-corrected chi connectivity index (χ1v) is 12.9. The lowest BCUT2D eigenvalue weighted by Gasteiger charge is -2.31. The number of benzene rings is 3. The molecule has 4 rings (SSSR count). The Labute approximate surface area is 204 Å². The molecule has 0 atom stereocenters. The standard InChI is InChI=1S/C27H27FN2O4S/c1-18-6-9-20(10-7-18)26(31)21-12-14-30(15-13-21)27(32)22-4-3-5-23(16-22)29-35(33,34)24-11-8-19(2)25(28)17-24/h3-11,16-17,21,29H,12-15H2,1-2H3. The summed E-state index contributed by atoms with van der Waals surface area (Å²) < 4.78 is 41.6. The van der Waals surface area contributed by atoms with Crippen molar-refractivity contribution in [2.45, 2.75) is 31.6 Å². The normalized spacial score (nSPS) is 14.5. The summed E-state index contributed by atoms with van der Waals surface area (Å²) in [6.45, 7) is 4.41. The quantitative estimate of drug-likeness (QED) is 0.490. The maximum absolute atomic E-state index is 13.9. The van der Waals surface area contributed by atoms with Gasteiger partial charge in [-0.3, -0.25) is 14.3 Å². The fraction of sp³-hybridized carbons (Fsp3) is 0.259. The second kappa shape index (κ2) is 10.00. The van der Waals surface area contributed by atoms with E-state index in [1.807, 2.05) is 31.2 Å². The van der Waals surface area contributed by atoms with E-state index in [1.54, 1.807) is 24.0 Å². The van der Waals surface area contributed by atoms with Crippen molar-refractivity contribution in [1.29, 1.82) is 0 Å². The topological polar surface area (TPSA) is 83.6 Å². The van der Waals surface area contributed by atoms with Crippen LogP contribution in [0.3, 0.4) is 0 Å². The molecule has 1 aliphatic heterocycles. The van der Waals surface area contributed by atoms with Crippen molar-refractivity contribution in [1.82, 2.24) is 4.90 Å². The molecule has 1 N–H and O–H groups in total. The number of aryl methyl sites for hydroxylation is 2. The van der Waals surface area contributed by atoms with Crippen LogP contribution in [0.2, 0.25) is 0 Å². The predicted molar refractivity (Wildman–Crippen MR) is 133 cm³/mol. The van der Waals surface area contributed by atoms with Crippen molar-refractivity contribution >= 4 is 27.4 Å². The number of hydrogen-bond donors (Lipinski definition) is 1. The van der Waals surface area contributed by atoms with Gasteiger partial charge < -0.3 is 4.90 Å². The van der Waals surface area contributed by atoms with E-state index in [0.29, 0.717) is 42.6 Å². The van der Waals surface area contributed by atoms with Crippen LogP contribution in [-0.2, 0) is 10.0 Å². The predicted octanol–water partition coefficient (Wildman–Crippen LogP) is 4.98. The zero-order valence-electron chi connectivity index (χ0n) is 19.6. The highest BCUT2D eigenvalue weighted by Gasteiger charge is 2.28. The molecule has 1 heterocycles. The van der Waals surface area contributed by atoms with Crippen molar-refractivity contribution in [2.75, 3.05) is 17.8 Å². The lowest BCUT2D eigenvalue weighted by Crippen LogP contribution is -2.40. The van der Waals surface area contributed by atoms with E-state index in [1.165, 1.54) is 24.3 Å². The Morgan fingerprint density at radius 1 is 0.914 bits per heavy atom. The summed E-state index contributed by atoms with van der Waals surface area (Å²) in [4.78, 5) is 27.4. The zero-order chi connectivity index (χ0) is 25.2. The molecular formula is C27H27FN2O4S. The van der Waals surface area contributed by atoms with E-state index in [2.05, 4.69) is 4.72 Å². The van der Waals surface area contributed by atoms with E-state index < -0.39 is 15.8 Å². The molecule has 0 aliphatic carbocycles. The number of amides is 1. The summed E-state index contributed by atoms with van der Waals surface area (Å²) in [6.07, 6.45) is 1.15. The molecule has 35 heavy (non-hydrogen) atoms. The van der Waals surface area contributed by atoms with Crippen molar-refractivity contribution < 1.29 is 22.4 Å². The van der Waals surface area contributed by atoms with Gasteiger partial charge in [0.05, 0.1) is 4.90 Å². The van der Waals surface area contributed by atoms with Crippen LogP contribution in [0.5, 0.6) is 0 Å². The Hall–Kier alpha value is -3.52. The summed E-state index contributed by atoms with van der Waals surface area (Å²) in [5.41, 5.74) is 2.68. The number of Topliss-reactive ketones (excluding diaryl/α,β-unsaturated/α-hetero) is 1. The number of halogens is 1. The first-order chi connectivity index (χ1) is 16.6. The first-order valence-electron chi connectivity index (χ1n) is 11.4. The zero-order valence-corrected chi connectivity index (χ0v) is 20.4. The molecule has 1 saturated heterocycles. The van der Waals surface area contributed by atoms with Crippen molar-refractivity contribution in [2.24, 2.45) is 5.92 Å². The molecule has 0 unspecified atom stereocenters. The highest BCUT2D eigenvalue weighted by Crippen LogP contribution is 2.25. The lowest BCUT2D eigenvalue weighted by molar-refractivity contribution is 0.0650. The average molecular weight is 495 g/mol. The summed E-state index contributed by atoms with van der Waals surface area (Å²) in [6, 6.07) is 17.4. The number of carbonyl (C=O) groups is 2. The Balaban J connectivity index is 1.41. The minimum atomic E-state index is -4.02. The minimum absolute atomic E-state index is 0.0982. The third-order valence-electron chi connectivity index (χ3n) is 6.30. The van der Waals surface area contributed by atoms with Gasteiger partial charge in [0.15, 0.2) is 5.78 Å². The molecule has 0 bridgehead atoms. The van der Waals surface area contributed by atoms with Gasteiger partial charge in [0.25, 0.3) is 15.9 Å². The Bertz CT molecular complexity index is 1360. The van der Waals surface area contributed by atoms with Gasteiger partial charge in [-0.15, -0.1) is 0 Å². The number of piperidine rings is 1. The SMILES string of the molecule is Cc1ccc(C(=O)C2CCN(C(=O)c3cccc(NS(=O)(=O)c4ccc(C)c(F)c4)c3)CC2)cc1. The van der Waals surface area contributed by atoms with Gasteiger partial charge >= 0.3 is 0 Å². The van der Waals surface area contributed by atoms with Crippen LogP contribution in [0, 0.1) is 25.6 Å². The molecule has 3 aromatic rings. The van der Waals surface area contributed by atoms with Crippen LogP contribution in [0.15, 0.2) is 71.6 Å². The number of likely N-dealkylation sites (tertiary alicyclic amines) is 1. The van der Waals surface area contributed by atoms with E-state index >= 15 is 0 Å². The largest absolute Gasteiger partial charge is 0.339 e. The Morgan fingerprint density at radius 3 is 2.26 bits per heavy atom. The fourth-order valence-corrected chi connectivity index (χ4v) is 5.21. The van der Waals surface area contributed by atoms with Crippen LogP contribution in [0.4, 0.5) is 10.1 Å². The fourth-order valence-electron chi connectivity index (χ4n) is 4.15. The van der Waals surface area contributed by atoms with E-state index in [0.717, 1.165) is 11.6 Å². The maximum atomic E-state index is 13.9. The molecule has 6 nitrogen and oxygen atoms in total. The lowest BCUT2D eigenvalue weighted by atomic mass is 9.88. The number of hydrogen-bond acceptors (Lipinski definition) is 4. The van der Waals surface area contributed by atoms with Crippen LogP contribution >= 0.6 is 0 Å². The number of nitrogens with one attached hydrogen (secondary N) is 1. The van der Waals surface area contributed by atoms with Gasteiger partial charge in [0.1, 0.15) is 5.82 Å². The highest BCUT2D eigenvalue weighted by atomic mass is 32.2. The maximum Gasteiger partial charge on any atom is 0.261 e. The van der Waals surface area contributed by atoms with E-state index in [9.17, 15) is 22.4 Å². The van der Waals surface area contributed by atoms with Crippen molar-refractivity contribution in [3.8, 4) is 0 Å². The molecule has 8 heteroatoms. The van der Waals surface area contributed by atoms with Crippen LogP contribution in [0.1, 0.15) is 44.7 Å². The molecule has 0 aromatic heterocycles. The average Bonchev–Trinajstić information content (AvgIpc) is 2.85. The molecule has 0 spiro atoms. The molecular weight excluding hydrogens is 467 g/mol. The third kappa shape index (κ3) is 5.59. The number of anilines is 1. The van der Waals surface area contributed by atoms with Gasteiger partial charge in [0, 0.05) is 35.8 Å². The van der Waals surface area contributed by atoms with Crippen LogP contribution in [0.25, 0.3) is 0 Å². The monoisotopic (exact) mass is 494 g/mol. The number of rotatable bonds is 6. The summed E-state index contributed by atoms with van der Waals surface area (Å²) in [7, 11) is -4.02. The Kier molecular flexibility index (Phi) is 7.03. The number of carbonyl (C=O) groups excluding carboxylic acids is 2. The summed E-state index contributed by atoms with van der Waals surface area (Å²) in [5, 5.41) is 0. The van der Waals surface area contributed by atoms with Gasteiger partial charge in [-0.25, -0.2) is 12.8 Å².